The number of aryl methyl sites for hydroxylation is 1. The number of halogens is 2. The third-order valence-electron chi connectivity index (χ3n) is 8.16. The van der Waals surface area contributed by atoms with E-state index in [1.807, 2.05) is 24.1 Å². The van der Waals surface area contributed by atoms with Gasteiger partial charge < -0.3 is 19.8 Å². The quantitative estimate of drug-likeness (QED) is 0.429. The Morgan fingerprint density at radius 3 is 2.71 bits per heavy atom. The molecule has 0 radical (unpaired) electrons. The van der Waals surface area contributed by atoms with E-state index in [-0.39, 0.29) is 18.0 Å². The van der Waals surface area contributed by atoms with Crippen LogP contribution in [0, 0.1) is 17.7 Å². The summed E-state index contributed by atoms with van der Waals surface area (Å²) < 4.78 is 19.3. The Bertz CT molecular complexity index is 1520. The molecule has 2 bridgehead atoms. The van der Waals surface area contributed by atoms with E-state index in [1.165, 1.54) is 18.9 Å². The lowest BCUT2D eigenvalue weighted by molar-refractivity contribution is 0.0700. The van der Waals surface area contributed by atoms with Crippen molar-refractivity contribution < 1.29 is 9.18 Å². The summed E-state index contributed by atoms with van der Waals surface area (Å²) in [5.41, 5.74) is 9.14. The number of carbonyl (C=O) groups excluding carboxylic acids is 1. The van der Waals surface area contributed by atoms with Gasteiger partial charge in [0.15, 0.2) is 5.82 Å². The maximum absolute atomic E-state index is 15.4. The molecule has 3 aliphatic rings. The van der Waals surface area contributed by atoms with E-state index in [0.717, 1.165) is 36.1 Å². The minimum absolute atomic E-state index is 0.0180. The first kappa shape index (κ1) is 21.3. The number of nitrogens with two attached hydrogens (primary N) is 1. The smallest absolute Gasteiger partial charge is 0.254 e. The fraction of sp³-hybridized carbons (Fsp3) is 0.423. The fourth-order valence-electron chi connectivity index (χ4n) is 6.13. The molecular weight excluding hydrogens is 467 g/mol. The highest BCUT2D eigenvalue weighted by molar-refractivity contribution is 6.29. The number of hydrogen-bond donors (Lipinski definition) is 1. The van der Waals surface area contributed by atoms with Gasteiger partial charge in [0, 0.05) is 43.2 Å². The van der Waals surface area contributed by atoms with Crippen molar-refractivity contribution in [3.63, 3.8) is 0 Å². The number of benzene rings is 1. The highest BCUT2D eigenvalue weighted by atomic mass is 35.5. The van der Waals surface area contributed by atoms with Crippen LogP contribution in [0.4, 0.5) is 4.39 Å². The lowest BCUT2D eigenvalue weighted by Gasteiger charge is -2.27. The third kappa shape index (κ3) is 3.23. The zero-order valence-corrected chi connectivity index (χ0v) is 20.2. The molecule has 35 heavy (non-hydrogen) atoms. The zero-order valence-electron chi connectivity index (χ0n) is 19.4. The van der Waals surface area contributed by atoms with Crippen molar-refractivity contribution in [1.29, 1.82) is 0 Å². The first-order valence-corrected chi connectivity index (χ1v) is 12.7. The Balaban J connectivity index is 1.34. The summed E-state index contributed by atoms with van der Waals surface area (Å²) in [5.74, 6) is 0.965. The molecule has 0 spiro atoms. The number of aromatic nitrogens is 4. The molecule has 3 aromatic heterocycles. The number of likely N-dealkylation sites (tertiary alicyclic amines) is 1. The maximum atomic E-state index is 15.4. The summed E-state index contributed by atoms with van der Waals surface area (Å²) in [5, 5.41) is 1.41. The molecule has 1 unspecified atom stereocenters. The van der Waals surface area contributed by atoms with Crippen LogP contribution in [0.1, 0.15) is 36.0 Å². The highest BCUT2D eigenvalue weighted by Crippen LogP contribution is 2.39. The number of carbonyl (C=O) groups is 1. The molecule has 1 aromatic carbocycles. The maximum Gasteiger partial charge on any atom is 0.254 e. The molecule has 1 saturated heterocycles. The monoisotopic (exact) mass is 492 g/mol. The van der Waals surface area contributed by atoms with E-state index in [2.05, 4.69) is 9.55 Å². The average Bonchev–Trinajstić information content (AvgIpc) is 3.25. The second-order valence-electron chi connectivity index (χ2n) is 10.4. The van der Waals surface area contributed by atoms with Crippen molar-refractivity contribution in [2.24, 2.45) is 24.6 Å². The minimum atomic E-state index is -0.452. The molecule has 4 heterocycles. The second-order valence-corrected chi connectivity index (χ2v) is 10.8. The number of rotatable bonds is 4. The van der Waals surface area contributed by atoms with Gasteiger partial charge in [-0.3, -0.25) is 4.79 Å². The molecule has 7 nitrogen and oxygen atoms in total. The van der Waals surface area contributed by atoms with Crippen LogP contribution in [0.5, 0.6) is 0 Å². The van der Waals surface area contributed by atoms with Crippen molar-refractivity contribution in [2.45, 2.75) is 44.3 Å². The normalized spacial score (nSPS) is 23.8. The molecule has 3 atom stereocenters. The highest BCUT2D eigenvalue weighted by Gasteiger charge is 2.47. The molecule has 1 amide bonds. The van der Waals surface area contributed by atoms with Crippen LogP contribution in [0.25, 0.3) is 33.6 Å². The van der Waals surface area contributed by atoms with Crippen LogP contribution in [0.2, 0.25) is 5.15 Å². The summed E-state index contributed by atoms with van der Waals surface area (Å²) in [6.45, 7) is 1.47. The van der Waals surface area contributed by atoms with E-state index in [9.17, 15) is 4.79 Å². The number of hydrogen-bond acceptors (Lipinski definition) is 4. The van der Waals surface area contributed by atoms with Gasteiger partial charge in [-0.05, 0) is 67.9 Å². The lowest BCUT2D eigenvalue weighted by atomic mass is 10.1. The van der Waals surface area contributed by atoms with Crippen LogP contribution in [0.3, 0.4) is 0 Å². The first-order chi connectivity index (χ1) is 16.9. The Morgan fingerprint density at radius 1 is 1.17 bits per heavy atom. The van der Waals surface area contributed by atoms with Gasteiger partial charge in [-0.2, -0.15) is 0 Å². The Morgan fingerprint density at radius 2 is 2.00 bits per heavy atom. The molecule has 2 saturated carbocycles. The molecule has 180 valence electrons. The summed E-state index contributed by atoms with van der Waals surface area (Å²) in [4.78, 5) is 24.5. The van der Waals surface area contributed by atoms with Gasteiger partial charge in [-0.15, -0.1) is 0 Å². The topological polar surface area (TPSA) is 82.0 Å². The van der Waals surface area contributed by atoms with Crippen molar-refractivity contribution in [3.05, 3.63) is 46.9 Å². The molecule has 2 N–H and O–H groups in total. The average molecular weight is 493 g/mol. The predicted octanol–water partition coefficient (Wildman–Crippen LogP) is 4.35. The zero-order chi connectivity index (χ0) is 24.0. The van der Waals surface area contributed by atoms with Gasteiger partial charge >= 0.3 is 0 Å². The van der Waals surface area contributed by atoms with Gasteiger partial charge in [-0.1, -0.05) is 11.6 Å². The van der Waals surface area contributed by atoms with Gasteiger partial charge in [0.1, 0.15) is 22.1 Å². The summed E-state index contributed by atoms with van der Waals surface area (Å²) in [7, 11) is 1.81. The molecule has 1 aliphatic heterocycles. The van der Waals surface area contributed by atoms with Crippen LogP contribution < -0.4 is 5.73 Å². The van der Waals surface area contributed by atoms with Crippen LogP contribution >= 0.6 is 11.6 Å². The van der Waals surface area contributed by atoms with E-state index in [1.54, 1.807) is 16.7 Å². The van der Waals surface area contributed by atoms with Crippen LogP contribution in [0.15, 0.2) is 30.3 Å². The minimum Gasteiger partial charge on any atom is -0.334 e. The van der Waals surface area contributed by atoms with Crippen molar-refractivity contribution >= 4 is 39.6 Å². The van der Waals surface area contributed by atoms with Crippen LogP contribution in [-0.2, 0) is 13.6 Å². The van der Waals surface area contributed by atoms with Crippen LogP contribution in [-0.4, -0.2) is 48.5 Å². The molecular formula is C26H26ClFN6O. The van der Waals surface area contributed by atoms with Gasteiger partial charge in [-0.25, -0.2) is 14.4 Å². The largest absolute Gasteiger partial charge is 0.334 e. The predicted molar refractivity (Wildman–Crippen MR) is 133 cm³/mol. The molecule has 4 aromatic rings. The van der Waals surface area contributed by atoms with E-state index in [0.29, 0.717) is 46.0 Å². The van der Waals surface area contributed by atoms with Crippen molar-refractivity contribution in [1.82, 2.24) is 24.0 Å². The molecule has 7 rings (SSSR count). The number of piperidine rings is 1. The lowest BCUT2D eigenvalue weighted by Crippen LogP contribution is -2.41. The molecule has 2 aliphatic carbocycles. The van der Waals surface area contributed by atoms with Gasteiger partial charge in [0.25, 0.3) is 5.91 Å². The number of amides is 1. The molecule has 9 heteroatoms. The van der Waals surface area contributed by atoms with Crippen molar-refractivity contribution in [2.75, 3.05) is 6.54 Å². The standard InChI is InChI=1S/C26H26ClFN6O/c1-32-23-17(28)8-16(26(35)34-12-15-4-6-19(34)22(15)29)9-18(23)30-25(32)20-10-14-5-7-21(27)31-24(14)33(20)11-13-2-3-13/h5,7-10,13,15,19,22H,2-4,6,11-12,29H2,1H3/t15-,19?,22-/m1/s1. The summed E-state index contributed by atoms with van der Waals surface area (Å²) in [6, 6.07) is 8.88. The summed E-state index contributed by atoms with van der Waals surface area (Å²) in [6.07, 6.45) is 4.34. The fourth-order valence-corrected chi connectivity index (χ4v) is 6.27. The van der Waals surface area contributed by atoms with E-state index >= 15 is 4.39 Å². The van der Waals surface area contributed by atoms with E-state index < -0.39 is 5.82 Å². The Labute approximate surface area is 206 Å². The number of pyridine rings is 1. The van der Waals surface area contributed by atoms with E-state index in [4.69, 9.17) is 22.3 Å². The van der Waals surface area contributed by atoms with Gasteiger partial charge in [0.05, 0.1) is 11.2 Å². The summed E-state index contributed by atoms with van der Waals surface area (Å²) >= 11 is 6.21. The number of imidazole rings is 1. The van der Waals surface area contributed by atoms with Gasteiger partial charge in [0.2, 0.25) is 0 Å². The first-order valence-electron chi connectivity index (χ1n) is 12.3. The SMILES string of the molecule is Cn1c(-c2cc3ccc(Cl)nc3n2CC2CC2)nc2cc(C(=O)N3C[C@H]4CCC3[C@@H]4N)cc(F)c21. The second kappa shape index (κ2) is 7.51. The Hall–Kier alpha value is -2.97. The molecule has 3 fully saturated rings. The third-order valence-corrected chi connectivity index (χ3v) is 8.37. The Kier molecular flexibility index (Phi) is 4.58. The number of nitrogens with zero attached hydrogens (tertiary/aromatic N) is 5. The number of fused-ring (bicyclic) bond motifs is 4. The van der Waals surface area contributed by atoms with Crippen molar-refractivity contribution in [3.8, 4) is 11.5 Å².